The van der Waals surface area contributed by atoms with Gasteiger partial charge in [-0.25, -0.2) is 8.78 Å². The molecule has 6 heteroatoms. The zero-order valence-corrected chi connectivity index (χ0v) is 10.3. The fourth-order valence-corrected chi connectivity index (χ4v) is 2.18. The number of benzene rings is 1. The van der Waals surface area contributed by atoms with Crippen molar-refractivity contribution in [2.45, 2.75) is 25.2 Å². The lowest BCUT2D eigenvalue weighted by molar-refractivity contribution is -0.145. The number of alkyl halides is 2. The van der Waals surface area contributed by atoms with E-state index in [-0.39, 0.29) is 17.9 Å². The Morgan fingerprint density at radius 3 is 2.74 bits per heavy atom. The number of rotatable bonds is 3. The number of halogens is 2. The van der Waals surface area contributed by atoms with Gasteiger partial charge in [-0.2, -0.15) is 0 Å². The average molecular weight is 269 g/mol. The molecule has 2 rings (SSSR count). The van der Waals surface area contributed by atoms with E-state index in [9.17, 15) is 18.4 Å². The monoisotopic (exact) mass is 269 g/mol. The van der Waals surface area contributed by atoms with E-state index in [1.165, 1.54) is 23.1 Å². The summed E-state index contributed by atoms with van der Waals surface area (Å²) >= 11 is 0. The van der Waals surface area contributed by atoms with Crippen molar-refractivity contribution < 1.29 is 23.5 Å². The molecule has 0 atom stereocenters. The van der Waals surface area contributed by atoms with Crippen LogP contribution in [0.3, 0.4) is 0 Å². The predicted octanol–water partition coefficient (Wildman–Crippen LogP) is 2.16. The second-order valence-corrected chi connectivity index (χ2v) is 4.57. The molecule has 1 heterocycles. The lowest BCUT2D eigenvalue weighted by atomic mass is 9.96. The van der Waals surface area contributed by atoms with Crippen LogP contribution in [-0.4, -0.2) is 24.0 Å². The van der Waals surface area contributed by atoms with Crippen molar-refractivity contribution in [2.24, 2.45) is 0 Å². The summed E-state index contributed by atoms with van der Waals surface area (Å²) in [6.07, 6.45) is -0.562. The molecule has 0 radical (unpaired) electrons. The summed E-state index contributed by atoms with van der Waals surface area (Å²) in [6, 6.07) is 3.91. The van der Waals surface area contributed by atoms with Gasteiger partial charge in [-0.1, -0.05) is 6.07 Å². The van der Waals surface area contributed by atoms with Gasteiger partial charge in [-0.15, -0.1) is 0 Å². The van der Waals surface area contributed by atoms with E-state index in [1.807, 2.05) is 0 Å². The third kappa shape index (κ3) is 2.57. The van der Waals surface area contributed by atoms with Crippen molar-refractivity contribution in [3.8, 4) is 0 Å². The largest absolute Gasteiger partial charge is 0.481 e. The molecule has 102 valence electrons. The van der Waals surface area contributed by atoms with E-state index in [0.717, 1.165) is 0 Å². The van der Waals surface area contributed by atoms with E-state index in [1.54, 1.807) is 7.05 Å². The van der Waals surface area contributed by atoms with Gasteiger partial charge < -0.3 is 10.0 Å². The Morgan fingerprint density at radius 2 is 2.11 bits per heavy atom. The second kappa shape index (κ2) is 4.60. The summed E-state index contributed by atoms with van der Waals surface area (Å²) < 4.78 is 27.4. The number of fused-ring (bicyclic) bond motifs is 1. The van der Waals surface area contributed by atoms with Crippen molar-refractivity contribution in [2.75, 3.05) is 11.9 Å². The Hall–Kier alpha value is -1.98. The van der Waals surface area contributed by atoms with Crippen LogP contribution < -0.4 is 4.90 Å². The number of nitrogens with zero attached hydrogens (tertiary/aromatic N) is 1. The molecule has 1 aliphatic rings. The van der Waals surface area contributed by atoms with Gasteiger partial charge in [0.25, 0.3) is 5.92 Å². The van der Waals surface area contributed by atoms with Crippen LogP contribution in [0.4, 0.5) is 14.5 Å². The molecule has 0 unspecified atom stereocenters. The number of aliphatic carboxylic acids is 1. The van der Waals surface area contributed by atoms with Crippen LogP contribution in [0, 0.1) is 0 Å². The summed E-state index contributed by atoms with van der Waals surface area (Å²) in [5.41, 5.74) is 0.923. The predicted molar refractivity (Wildman–Crippen MR) is 64.3 cm³/mol. The van der Waals surface area contributed by atoms with E-state index in [0.29, 0.717) is 17.7 Å². The first-order chi connectivity index (χ1) is 8.81. The van der Waals surface area contributed by atoms with Crippen LogP contribution in [0.2, 0.25) is 0 Å². The molecule has 0 saturated carbocycles. The molecular formula is C13H13F2NO3. The molecule has 0 aliphatic carbocycles. The third-order valence-corrected chi connectivity index (χ3v) is 3.22. The number of carboxylic acid groups (broad SMARTS) is 1. The Labute approximate surface area is 108 Å². The molecule has 0 spiro atoms. The molecule has 4 nitrogen and oxygen atoms in total. The topological polar surface area (TPSA) is 57.6 Å². The number of aryl methyl sites for hydroxylation is 1. The fourth-order valence-electron chi connectivity index (χ4n) is 2.18. The van der Waals surface area contributed by atoms with Gasteiger partial charge in [-0.05, 0) is 24.1 Å². The van der Waals surface area contributed by atoms with Gasteiger partial charge in [0.2, 0.25) is 5.91 Å². The van der Waals surface area contributed by atoms with Gasteiger partial charge in [0, 0.05) is 24.7 Å². The smallest absolute Gasteiger partial charge is 0.309 e. The van der Waals surface area contributed by atoms with Crippen molar-refractivity contribution in [1.29, 1.82) is 0 Å². The molecule has 0 fully saturated rings. The quantitative estimate of drug-likeness (QED) is 0.914. The standard InChI is InChI=1S/C13H13F2NO3/c1-16-10-4-3-9(13(14,15)7-12(18)19)6-8(10)2-5-11(16)17/h3-4,6H,2,5,7H2,1H3,(H,18,19). The lowest BCUT2D eigenvalue weighted by Gasteiger charge is -2.27. The molecule has 1 amide bonds. The first kappa shape index (κ1) is 13.5. The molecule has 1 aromatic carbocycles. The van der Waals surface area contributed by atoms with E-state index in [2.05, 4.69) is 0 Å². The maximum atomic E-state index is 13.7. The number of hydrogen-bond donors (Lipinski definition) is 1. The lowest BCUT2D eigenvalue weighted by Crippen LogP contribution is -2.31. The van der Waals surface area contributed by atoms with Gasteiger partial charge in [-0.3, -0.25) is 9.59 Å². The first-order valence-corrected chi connectivity index (χ1v) is 5.81. The molecule has 0 aromatic heterocycles. The van der Waals surface area contributed by atoms with Gasteiger partial charge in [0.05, 0.1) is 0 Å². The number of hydrogen-bond acceptors (Lipinski definition) is 2. The highest BCUT2D eigenvalue weighted by molar-refractivity contribution is 5.95. The van der Waals surface area contributed by atoms with E-state index in [4.69, 9.17) is 5.11 Å². The number of amides is 1. The highest BCUT2D eigenvalue weighted by atomic mass is 19.3. The van der Waals surface area contributed by atoms with Crippen LogP contribution in [0.1, 0.15) is 24.0 Å². The maximum absolute atomic E-state index is 13.7. The van der Waals surface area contributed by atoms with Crippen LogP contribution in [-0.2, 0) is 21.9 Å². The Balaban J connectivity index is 2.37. The van der Waals surface area contributed by atoms with Crippen LogP contribution in [0.25, 0.3) is 0 Å². The highest BCUT2D eigenvalue weighted by Gasteiger charge is 2.35. The van der Waals surface area contributed by atoms with Crippen molar-refractivity contribution in [3.05, 3.63) is 29.3 Å². The number of carbonyl (C=O) groups is 2. The minimum absolute atomic E-state index is 0.0578. The molecule has 1 aromatic rings. The zero-order chi connectivity index (χ0) is 14.2. The number of carbonyl (C=O) groups excluding carboxylic acids is 1. The molecular weight excluding hydrogens is 256 g/mol. The fraction of sp³-hybridized carbons (Fsp3) is 0.385. The zero-order valence-electron chi connectivity index (χ0n) is 10.3. The van der Waals surface area contributed by atoms with E-state index >= 15 is 0 Å². The van der Waals surface area contributed by atoms with Crippen LogP contribution >= 0.6 is 0 Å². The number of anilines is 1. The van der Waals surface area contributed by atoms with Crippen molar-refractivity contribution in [1.82, 2.24) is 0 Å². The molecule has 1 aliphatic heterocycles. The highest BCUT2D eigenvalue weighted by Crippen LogP contribution is 2.36. The molecule has 1 N–H and O–H groups in total. The molecule has 0 bridgehead atoms. The maximum Gasteiger partial charge on any atom is 0.309 e. The summed E-state index contributed by atoms with van der Waals surface area (Å²) in [4.78, 5) is 23.4. The van der Waals surface area contributed by atoms with Gasteiger partial charge >= 0.3 is 5.97 Å². The first-order valence-electron chi connectivity index (χ1n) is 5.81. The summed E-state index contributed by atoms with van der Waals surface area (Å²) in [5, 5.41) is 8.49. The van der Waals surface area contributed by atoms with Crippen molar-refractivity contribution >= 4 is 17.6 Å². The number of carboxylic acids is 1. The Bertz CT molecular complexity index is 543. The minimum Gasteiger partial charge on any atom is -0.481 e. The van der Waals surface area contributed by atoms with Crippen LogP contribution in [0.5, 0.6) is 0 Å². The molecule has 19 heavy (non-hydrogen) atoms. The second-order valence-electron chi connectivity index (χ2n) is 4.57. The summed E-state index contributed by atoms with van der Waals surface area (Å²) in [7, 11) is 1.59. The molecule has 0 saturated heterocycles. The third-order valence-electron chi connectivity index (χ3n) is 3.22. The van der Waals surface area contributed by atoms with Crippen molar-refractivity contribution in [3.63, 3.8) is 0 Å². The van der Waals surface area contributed by atoms with E-state index < -0.39 is 18.3 Å². The minimum atomic E-state index is -3.40. The Morgan fingerprint density at radius 1 is 1.42 bits per heavy atom. The van der Waals surface area contributed by atoms with Gasteiger partial charge in [0.1, 0.15) is 6.42 Å². The SMILES string of the molecule is CN1C(=O)CCc2cc(C(F)(F)CC(=O)O)ccc21. The normalized spacial score (nSPS) is 15.3. The summed E-state index contributed by atoms with van der Waals surface area (Å²) in [5.74, 6) is -5.01. The van der Waals surface area contributed by atoms with Gasteiger partial charge in [0.15, 0.2) is 0 Å². The summed E-state index contributed by atoms with van der Waals surface area (Å²) in [6.45, 7) is 0. The average Bonchev–Trinajstić information content (AvgIpc) is 2.32. The Kier molecular flexibility index (Phi) is 3.26. The van der Waals surface area contributed by atoms with Crippen LogP contribution in [0.15, 0.2) is 18.2 Å².